The Morgan fingerprint density at radius 1 is 1.25 bits per heavy atom. The third kappa shape index (κ3) is 5.49. The van der Waals surface area contributed by atoms with E-state index in [2.05, 4.69) is 24.1 Å². The molecule has 0 aliphatic carbocycles. The number of amides is 2. The molecule has 3 rings (SSSR count). The van der Waals surface area contributed by atoms with Crippen LogP contribution in [-0.2, 0) is 14.3 Å². The molecule has 154 valence electrons. The van der Waals surface area contributed by atoms with Crippen molar-refractivity contribution in [1.29, 1.82) is 0 Å². The van der Waals surface area contributed by atoms with Crippen molar-refractivity contribution < 1.29 is 14.3 Å². The lowest BCUT2D eigenvalue weighted by Gasteiger charge is -2.35. The zero-order valence-electron chi connectivity index (χ0n) is 17.0. The second-order valence-electron chi connectivity index (χ2n) is 7.77. The average Bonchev–Trinajstić information content (AvgIpc) is 3.06. The second kappa shape index (κ2) is 9.76. The van der Waals surface area contributed by atoms with Crippen molar-refractivity contribution in [3.05, 3.63) is 24.3 Å². The van der Waals surface area contributed by atoms with E-state index in [1.165, 1.54) is 0 Å². The van der Waals surface area contributed by atoms with Gasteiger partial charge >= 0.3 is 0 Å². The summed E-state index contributed by atoms with van der Waals surface area (Å²) in [5, 5.41) is 3.02. The van der Waals surface area contributed by atoms with Crippen molar-refractivity contribution in [3.8, 4) is 0 Å². The quantitative estimate of drug-likeness (QED) is 0.557. The number of thioether (sulfide) groups is 1. The molecule has 0 bridgehead atoms. The molecule has 0 unspecified atom stereocenters. The van der Waals surface area contributed by atoms with Crippen LogP contribution < -0.4 is 10.2 Å². The average molecular weight is 406 g/mol. The minimum absolute atomic E-state index is 0.0133. The van der Waals surface area contributed by atoms with Crippen LogP contribution in [0.25, 0.3) is 0 Å². The highest BCUT2D eigenvalue weighted by atomic mass is 32.2. The fourth-order valence-corrected chi connectivity index (χ4v) is 4.49. The molecule has 2 heterocycles. The van der Waals surface area contributed by atoms with Crippen LogP contribution in [0.1, 0.15) is 26.7 Å². The first-order valence-electron chi connectivity index (χ1n) is 10.1. The Kier molecular flexibility index (Phi) is 7.37. The van der Waals surface area contributed by atoms with Gasteiger partial charge in [-0.15, -0.1) is 11.8 Å². The molecular weight excluding hydrogens is 374 g/mol. The number of morpholine rings is 1. The van der Waals surface area contributed by atoms with Crippen LogP contribution in [0.4, 0.5) is 5.69 Å². The predicted octanol–water partition coefficient (Wildman–Crippen LogP) is 2.38. The fourth-order valence-electron chi connectivity index (χ4n) is 4.04. The van der Waals surface area contributed by atoms with Crippen LogP contribution in [0.15, 0.2) is 29.2 Å². The first-order chi connectivity index (χ1) is 13.5. The van der Waals surface area contributed by atoms with Gasteiger partial charge < -0.3 is 15.0 Å². The molecule has 1 N–H and O–H groups in total. The Bertz CT molecular complexity index is 689. The Morgan fingerprint density at radius 3 is 2.71 bits per heavy atom. The van der Waals surface area contributed by atoms with Crippen molar-refractivity contribution in [2.45, 2.75) is 43.8 Å². The molecule has 2 saturated heterocycles. The van der Waals surface area contributed by atoms with Crippen LogP contribution in [-0.4, -0.2) is 67.9 Å². The standard InChI is InChI=1S/C21H31N3O3S/c1-15-12-23(13-16(2)27-15)9-5-8-22-21(26)17-10-20(25)24(14-17)18-6-4-7-19(11-18)28-3/h4,6-7,11,15-17H,5,8-10,12-14H2,1-3H3,(H,22,26)/t15-,16+,17-/m1/s1. The Hall–Kier alpha value is -1.57. The van der Waals surface area contributed by atoms with Gasteiger partial charge in [0, 0.05) is 49.7 Å². The van der Waals surface area contributed by atoms with Gasteiger partial charge in [0.2, 0.25) is 11.8 Å². The highest BCUT2D eigenvalue weighted by Crippen LogP contribution is 2.28. The topological polar surface area (TPSA) is 61.9 Å². The summed E-state index contributed by atoms with van der Waals surface area (Å²) < 4.78 is 5.75. The summed E-state index contributed by atoms with van der Waals surface area (Å²) >= 11 is 1.65. The molecule has 28 heavy (non-hydrogen) atoms. The molecule has 3 atom stereocenters. The summed E-state index contributed by atoms with van der Waals surface area (Å²) in [6, 6.07) is 7.92. The molecule has 2 aliphatic rings. The molecule has 0 saturated carbocycles. The third-order valence-corrected chi connectivity index (χ3v) is 6.03. The highest BCUT2D eigenvalue weighted by Gasteiger charge is 2.35. The molecule has 0 aromatic heterocycles. The number of carbonyl (C=O) groups excluding carboxylic acids is 2. The molecule has 6 nitrogen and oxygen atoms in total. The molecule has 2 amide bonds. The maximum atomic E-state index is 12.5. The number of rotatable bonds is 7. The minimum atomic E-state index is -0.270. The van der Waals surface area contributed by atoms with Gasteiger partial charge in [-0.3, -0.25) is 14.5 Å². The minimum Gasteiger partial charge on any atom is -0.373 e. The van der Waals surface area contributed by atoms with E-state index in [0.29, 0.717) is 13.1 Å². The molecule has 0 spiro atoms. The first-order valence-corrected chi connectivity index (χ1v) is 11.3. The number of ether oxygens (including phenoxy) is 1. The first kappa shape index (κ1) is 21.1. The lowest BCUT2D eigenvalue weighted by molar-refractivity contribution is -0.126. The van der Waals surface area contributed by atoms with E-state index in [-0.39, 0.29) is 36.4 Å². The molecule has 1 aromatic rings. The number of anilines is 1. The Morgan fingerprint density at radius 2 is 2.00 bits per heavy atom. The van der Waals surface area contributed by atoms with E-state index >= 15 is 0 Å². The fraction of sp³-hybridized carbons (Fsp3) is 0.619. The van der Waals surface area contributed by atoms with Crippen LogP contribution in [0, 0.1) is 5.92 Å². The molecule has 0 radical (unpaired) electrons. The molecule has 2 aliphatic heterocycles. The van der Waals surface area contributed by atoms with Crippen molar-refractivity contribution in [3.63, 3.8) is 0 Å². The van der Waals surface area contributed by atoms with E-state index in [0.717, 1.165) is 36.6 Å². The van der Waals surface area contributed by atoms with Gasteiger partial charge in [0.15, 0.2) is 0 Å². The maximum Gasteiger partial charge on any atom is 0.227 e. The SMILES string of the molecule is CSc1cccc(N2C[C@H](C(=O)NCCCN3C[C@@H](C)O[C@@H](C)C3)CC2=O)c1. The van der Waals surface area contributed by atoms with Gasteiger partial charge in [-0.1, -0.05) is 6.07 Å². The zero-order valence-corrected chi connectivity index (χ0v) is 17.8. The smallest absolute Gasteiger partial charge is 0.227 e. The highest BCUT2D eigenvalue weighted by molar-refractivity contribution is 7.98. The summed E-state index contributed by atoms with van der Waals surface area (Å²) in [4.78, 5) is 30.2. The van der Waals surface area contributed by atoms with Gasteiger partial charge in [0.1, 0.15) is 0 Å². The van der Waals surface area contributed by atoms with Gasteiger partial charge in [0.25, 0.3) is 0 Å². The van der Waals surface area contributed by atoms with E-state index in [4.69, 9.17) is 4.74 Å². The van der Waals surface area contributed by atoms with Crippen molar-refractivity contribution in [2.24, 2.45) is 5.92 Å². The summed E-state index contributed by atoms with van der Waals surface area (Å²) in [6.45, 7) is 8.14. The van der Waals surface area contributed by atoms with Crippen LogP contribution in [0.3, 0.4) is 0 Å². The van der Waals surface area contributed by atoms with E-state index < -0.39 is 0 Å². The Labute approximate surface area is 172 Å². The number of benzene rings is 1. The number of nitrogens with one attached hydrogen (secondary N) is 1. The van der Waals surface area contributed by atoms with E-state index in [9.17, 15) is 9.59 Å². The molecule has 1 aromatic carbocycles. The largest absolute Gasteiger partial charge is 0.373 e. The normalized spacial score (nSPS) is 25.9. The number of hydrogen-bond donors (Lipinski definition) is 1. The van der Waals surface area contributed by atoms with E-state index in [1.807, 2.05) is 30.5 Å². The maximum absolute atomic E-state index is 12.5. The lowest BCUT2D eigenvalue weighted by Crippen LogP contribution is -2.46. The van der Waals surface area contributed by atoms with Crippen LogP contribution in [0.5, 0.6) is 0 Å². The van der Waals surface area contributed by atoms with Crippen LogP contribution >= 0.6 is 11.8 Å². The van der Waals surface area contributed by atoms with Crippen molar-refractivity contribution in [1.82, 2.24) is 10.2 Å². The number of nitrogens with zero attached hydrogens (tertiary/aromatic N) is 2. The van der Waals surface area contributed by atoms with Crippen molar-refractivity contribution >= 4 is 29.3 Å². The molecular formula is C21H31N3O3S. The third-order valence-electron chi connectivity index (χ3n) is 5.31. The van der Waals surface area contributed by atoms with Gasteiger partial charge in [-0.05, 0) is 44.7 Å². The van der Waals surface area contributed by atoms with Crippen LogP contribution in [0.2, 0.25) is 0 Å². The summed E-state index contributed by atoms with van der Waals surface area (Å²) in [7, 11) is 0. The number of carbonyl (C=O) groups is 2. The zero-order chi connectivity index (χ0) is 20.1. The monoisotopic (exact) mass is 405 g/mol. The van der Waals surface area contributed by atoms with Gasteiger partial charge in [-0.2, -0.15) is 0 Å². The lowest BCUT2D eigenvalue weighted by atomic mass is 10.1. The predicted molar refractivity (Wildman–Crippen MR) is 113 cm³/mol. The van der Waals surface area contributed by atoms with Gasteiger partial charge in [0.05, 0.1) is 18.1 Å². The van der Waals surface area contributed by atoms with Gasteiger partial charge in [-0.25, -0.2) is 0 Å². The molecule has 7 heteroatoms. The Balaban J connectivity index is 1.43. The summed E-state index contributed by atoms with van der Waals surface area (Å²) in [6.07, 6.45) is 3.73. The number of hydrogen-bond acceptors (Lipinski definition) is 5. The van der Waals surface area contributed by atoms with Crippen molar-refractivity contribution in [2.75, 3.05) is 43.9 Å². The summed E-state index contributed by atoms with van der Waals surface area (Å²) in [5.74, 6) is -0.260. The van der Waals surface area contributed by atoms with E-state index in [1.54, 1.807) is 16.7 Å². The summed E-state index contributed by atoms with van der Waals surface area (Å²) in [5.41, 5.74) is 0.878. The second-order valence-corrected chi connectivity index (χ2v) is 8.65. The molecule has 2 fully saturated rings.